The Morgan fingerprint density at radius 1 is 0.838 bits per heavy atom. The molecule has 0 radical (unpaired) electrons. The zero-order valence-corrected chi connectivity index (χ0v) is 24.4. The normalized spacial score (nSPS) is 46.9. The van der Waals surface area contributed by atoms with Gasteiger partial charge in [0.1, 0.15) is 6.17 Å². The highest BCUT2D eigenvalue weighted by molar-refractivity contribution is 7.89. The summed E-state index contributed by atoms with van der Waals surface area (Å²) in [6.07, 6.45) is 11.4. The quantitative estimate of drug-likeness (QED) is 0.502. The van der Waals surface area contributed by atoms with Crippen LogP contribution in [0.15, 0.2) is 0 Å². The van der Waals surface area contributed by atoms with Gasteiger partial charge in [-0.2, -0.15) is 0 Å². The average Bonchev–Trinajstić information content (AvgIpc) is 2.85. The summed E-state index contributed by atoms with van der Waals surface area (Å²) in [6.45, 7) is 9.15. The Morgan fingerprint density at radius 3 is 2.24 bits per heavy atom. The second-order valence-corrected chi connectivity index (χ2v) is 15.9. The molecule has 5 nitrogen and oxygen atoms in total. The molecule has 0 amide bonds. The lowest BCUT2D eigenvalue weighted by Crippen LogP contribution is -2.71. The van der Waals surface area contributed by atoms with Crippen LogP contribution in [-0.2, 0) is 10.0 Å². The molecule has 0 spiro atoms. The number of hydrogen-bond acceptors (Lipinski definition) is 4. The lowest BCUT2D eigenvalue weighted by atomic mass is 9.60. The smallest absolute Gasteiger partial charge is 0.217 e. The molecule has 0 aromatic rings. The molecule has 6 unspecified atom stereocenters. The molecule has 0 bridgehead atoms. The van der Waals surface area contributed by atoms with Gasteiger partial charge >= 0.3 is 0 Å². The monoisotopic (exact) mass is 540 g/mol. The predicted octanol–water partition coefficient (Wildman–Crippen LogP) is 5.48. The fourth-order valence-corrected chi connectivity index (χ4v) is 11.8. The summed E-state index contributed by atoms with van der Waals surface area (Å²) in [5.74, 6) is 4.26. The fourth-order valence-electron chi connectivity index (χ4n) is 9.55. The third-order valence-electron chi connectivity index (χ3n) is 11.9. The van der Waals surface area contributed by atoms with Crippen LogP contribution in [0.1, 0.15) is 97.8 Å². The molecule has 7 heteroatoms. The van der Waals surface area contributed by atoms with Crippen LogP contribution in [0, 0.1) is 41.4 Å². The van der Waals surface area contributed by atoms with E-state index in [2.05, 4.69) is 18.7 Å². The van der Waals surface area contributed by atoms with Gasteiger partial charge in [-0.25, -0.2) is 17.1 Å². The Bertz CT molecular complexity index is 863. The van der Waals surface area contributed by atoms with Crippen LogP contribution in [0.2, 0.25) is 0 Å². The van der Waals surface area contributed by atoms with Crippen LogP contribution >= 0.6 is 0 Å². The molecule has 3 aliphatic carbocycles. The van der Waals surface area contributed by atoms with Crippen molar-refractivity contribution in [1.82, 2.24) is 9.21 Å². The Hall–Kier alpha value is -0.240. The van der Waals surface area contributed by atoms with Gasteiger partial charge < -0.3 is 5.11 Å². The molecule has 1 N–H and O–H groups in total. The van der Waals surface area contributed by atoms with Crippen LogP contribution in [0.3, 0.4) is 0 Å². The molecule has 214 valence electrons. The Kier molecular flexibility index (Phi) is 8.95. The van der Waals surface area contributed by atoms with Crippen molar-refractivity contribution in [3.8, 4) is 0 Å². The molecule has 5 aliphatic rings. The highest BCUT2D eigenvalue weighted by atomic mass is 32.2. The van der Waals surface area contributed by atoms with E-state index in [4.69, 9.17) is 0 Å². The number of aliphatic hydroxyl groups excluding tert-OH is 1. The highest BCUT2D eigenvalue weighted by Gasteiger charge is 2.54. The lowest BCUT2D eigenvalue weighted by molar-refractivity contribution is -0.123. The number of halogens is 1. The van der Waals surface area contributed by atoms with Gasteiger partial charge in [-0.15, -0.1) is 0 Å². The van der Waals surface area contributed by atoms with Gasteiger partial charge in [0.05, 0.1) is 11.9 Å². The van der Waals surface area contributed by atoms with E-state index in [0.29, 0.717) is 44.2 Å². The molecule has 5 fully saturated rings. The highest BCUT2D eigenvalue weighted by Crippen LogP contribution is 2.50. The molecular weight excluding hydrogens is 487 g/mol. The second-order valence-electron chi connectivity index (χ2n) is 13.8. The van der Waals surface area contributed by atoms with E-state index in [1.165, 1.54) is 44.9 Å². The third-order valence-corrected chi connectivity index (χ3v) is 14.4. The van der Waals surface area contributed by atoms with E-state index in [9.17, 15) is 17.9 Å². The molecule has 5 rings (SSSR count). The van der Waals surface area contributed by atoms with Crippen molar-refractivity contribution in [3.05, 3.63) is 0 Å². The van der Waals surface area contributed by atoms with Crippen molar-refractivity contribution >= 4 is 10.0 Å². The van der Waals surface area contributed by atoms with E-state index in [0.717, 1.165) is 43.1 Å². The first-order valence-electron chi connectivity index (χ1n) is 15.7. The van der Waals surface area contributed by atoms with Crippen LogP contribution in [0.5, 0.6) is 0 Å². The first kappa shape index (κ1) is 28.3. The van der Waals surface area contributed by atoms with Crippen molar-refractivity contribution in [2.45, 2.75) is 121 Å². The summed E-state index contributed by atoms with van der Waals surface area (Å²) >= 11 is 0. The molecule has 2 saturated heterocycles. The van der Waals surface area contributed by atoms with Crippen molar-refractivity contribution in [2.75, 3.05) is 26.2 Å². The first-order valence-corrected chi connectivity index (χ1v) is 17.2. The van der Waals surface area contributed by atoms with Crippen LogP contribution in [0.4, 0.5) is 4.39 Å². The van der Waals surface area contributed by atoms with E-state index in [1.807, 2.05) is 6.92 Å². The SMILES string of the molecule is CC1CCCC(C2CCC([C@@H]3[C@@H](CO)N4CCCCN(S(=O)(=O)C5CCC(F)CC5C)C[C@@H]34)CC2)C1C. The van der Waals surface area contributed by atoms with Crippen molar-refractivity contribution < 1.29 is 17.9 Å². The van der Waals surface area contributed by atoms with E-state index in [-0.39, 0.29) is 24.6 Å². The van der Waals surface area contributed by atoms with Crippen LogP contribution in [0.25, 0.3) is 0 Å². The number of sulfonamides is 1. The summed E-state index contributed by atoms with van der Waals surface area (Å²) in [5.41, 5.74) is 0. The van der Waals surface area contributed by atoms with E-state index < -0.39 is 21.4 Å². The topological polar surface area (TPSA) is 60.9 Å². The summed E-state index contributed by atoms with van der Waals surface area (Å²) in [7, 11) is -3.46. The molecule has 3 saturated carbocycles. The number of nitrogens with zero attached hydrogens (tertiary/aromatic N) is 2. The summed E-state index contributed by atoms with van der Waals surface area (Å²) in [5, 5.41) is 9.94. The van der Waals surface area contributed by atoms with Crippen LogP contribution < -0.4 is 0 Å². The molecule has 2 aliphatic heterocycles. The summed E-state index contributed by atoms with van der Waals surface area (Å²) in [6, 6.07) is 0.402. The number of alkyl halides is 1. The Labute approximate surface area is 226 Å². The zero-order chi connectivity index (χ0) is 26.3. The lowest BCUT2D eigenvalue weighted by Gasteiger charge is -2.60. The minimum absolute atomic E-state index is 0.127. The maximum Gasteiger partial charge on any atom is 0.217 e. The molecule has 0 aromatic carbocycles. The minimum Gasteiger partial charge on any atom is -0.395 e. The van der Waals surface area contributed by atoms with Gasteiger partial charge in [0.2, 0.25) is 10.0 Å². The molecule has 37 heavy (non-hydrogen) atoms. The number of hydrogen-bond donors (Lipinski definition) is 1. The second kappa shape index (κ2) is 11.7. The van der Waals surface area contributed by atoms with Gasteiger partial charge in [0, 0.05) is 25.2 Å². The number of fused-ring (bicyclic) bond motifs is 1. The Morgan fingerprint density at radius 2 is 1.54 bits per heavy atom. The average molecular weight is 541 g/mol. The van der Waals surface area contributed by atoms with Gasteiger partial charge in [0.25, 0.3) is 0 Å². The minimum atomic E-state index is -3.46. The molecule has 9 atom stereocenters. The number of aliphatic hydroxyl groups is 1. The largest absolute Gasteiger partial charge is 0.395 e. The molecule has 2 heterocycles. The van der Waals surface area contributed by atoms with E-state index in [1.54, 1.807) is 4.31 Å². The first-order chi connectivity index (χ1) is 17.7. The maximum absolute atomic E-state index is 14.0. The van der Waals surface area contributed by atoms with Gasteiger partial charge in [-0.3, -0.25) is 4.90 Å². The van der Waals surface area contributed by atoms with Gasteiger partial charge in [-0.1, -0.05) is 33.6 Å². The standard InChI is InChI=1S/C30H53FN2O3S/c1-20-7-6-8-26(22(20)3)23-9-11-24(12-10-23)30-27-18-32(15-4-5-16-33(27)28(30)19-34)37(35,36)29-14-13-25(31)17-21(29)2/h20-30,34H,4-19H2,1-3H3/t20?,21?,22?,23?,24?,25?,26?,27-,28+,29?,30-/m0/s1. The summed E-state index contributed by atoms with van der Waals surface area (Å²) < 4.78 is 43.4. The van der Waals surface area contributed by atoms with Gasteiger partial charge in [0.15, 0.2) is 0 Å². The van der Waals surface area contributed by atoms with E-state index >= 15 is 0 Å². The maximum atomic E-state index is 14.0. The van der Waals surface area contributed by atoms with Crippen LogP contribution in [-0.4, -0.2) is 72.5 Å². The Balaban J connectivity index is 1.27. The van der Waals surface area contributed by atoms with Crippen molar-refractivity contribution in [3.63, 3.8) is 0 Å². The summed E-state index contributed by atoms with van der Waals surface area (Å²) in [4.78, 5) is 2.44. The van der Waals surface area contributed by atoms with Crippen molar-refractivity contribution in [1.29, 1.82) is 0 Å². The molecule has 0 aromatic heterocycles. The van der Waals surface area contributed by atoms with Crippen molar-refractivity contribution in [2.24, 2.45) is 41.4 Å². The fraction of sp³-hybridized carbons (Fsp3) is 1.00. The third kappa shape index (κ3) is 5.54. The predicted molar refractivity (Wildman–Crippen MR) is 147 cm³/mol. The number of rotatable bonds is 5. The van der Waals surface area contributed by atoms with Gasteiger partial charge in [-0.05, 0) is 112 Å². The molecular formula is C30H53FN2O3S. The zero-order valence-electron chi connectivity index (χ0n) is 23.6.